The van der Waals surface area contributed by atoms with E-state index in [1.54, 1.807) is 11.8 Å². The monoisotopic (exact) mass is 222 g/mol. The summed E-state index contributed by atoms with van der Waals surface area (Å²) in [6.45, 7) is 0.603. The van der Waals surface area contributed by atoms with Crippen molar-refractivity contribution in [2.45, 2.75) is 17.7 Å². The van der Waals surface area contributed by atoms with Gasteiger partial charge in [-0.1, -0.05) is 18.2 Å². The van der Waals surface area contributed by atoms with Crippen LogP contribution in [0.2, 0.25) is 0 Å². The molecule has 0 spiro atoms. The van der Waals surface area contributed by atoms with E-state index in [1.807, 2.05) is 18.2 Å². The van der Waals surface area contributed by atoms with Gasteiger partial charge in [0.2, 0.25) is 0 Å². The zero-order valence-electron chi connectivity index (χ0n) is 8.52. The molecule has 1 aromatic carbocycles. The lowest BCUT2D eigenvalue weighted by Crippen LogP contribution is -2.25. The molecule has 0 N–H and O–H groups in total. The van der Waals surface area contributed by atoms with Crippen molar-refractivity contribution in [2.75, 3.05) is 12.4 Å². The van der Waals surface area contributed by atoms with Crippen LogP contribution in [-0.4, -0.2) is 18.3 Å². The van der Waals surface area contributed by atoms with Crippen molar-refractivity contribution in [3.8, 4) is 0 Å². The third-order valence-electron chi connectivity index (χ3n) is 2.47. The Hall–Kier alpha value is -0.960. The summed E-state index contributed by atoms with van der Waals surface area (Å²) in [7, 11) is 0. The lowest BCUT2D eigenvalue weighted by Gasteiger charge is -2.20. The lowest BCUT2D eigenvalue weighted by molar-refractivity contribution is -0.151. The molecule has 80 valence electrons. The van der Waals surface area contributed by atoms with Crippen LogP contribution in [0.15, 0.2) is 35.2 Å². The Kier molecular flexibility index (Phi) is 3.67. The van der Waals surface area contributed by atoms with E-state index in [1.165, 1.54) is 4.90 Å². The molecule has 1 saturated heterocycles. The number of carbonyl (C=O) groups excluding carboxylic acids is 1. The third kappa shape index (κ3) is 2.99. The Morgan fingerprint density at radius 3 is 2.87 bits per heavy atom. The van der Waals surface area contributed by atoms with Crippen LogP contribution in [0.5, 0.6) is 0 Å². The molecule has 3 heteroatoms. The first kappa shape index (κ1) is 10.6. The van der Waals surface area contributed by atoms with Crippen LogP contribution < -0.4 is 0 Å². The van der Waals surface area contributed by atoms with Crippen LogP contribution in [-0.2, 0) is 9.53 Å². The number of hydrogen-bond donors (Lipinski definition) is 0. The molecule has 0 saturated carbocycles. The van der Waals surface area contributed by atoms with E-state index in [2.05, 4.69) is 12.1 Å². The van der Waals surface area contributed by atoms with Gasteiger partial charge < -0.3 is 4.74 Å². The van der Waals surface area contributed by atoms with Crippen molar-refractivity contribution in [3.63, 3.8) is 0 Å². The molecule has 2 rings (SSSR count). The van der Waals surface area contributed by atoms with Gasteiger partial charge in [-0.15, -0.1) is 11.8 Å². The van der Waals surface area contributed by atoms with E-state index in [9.17, 15) is 4.79 Å². The van der Waals surface area contributed by atoms with Crippen LogP contribution in [0.3, 0.4) is 0 Å². The summed E-state index contributed by atoms with van der Waals surface area (Å²) in [6.07, 6.45) is 1.98. The standard InChI is InChI=1S/C12H14O2S/c13-12-10(5-4-8-14-12)9-15-11-6-2-1-3-7-11/h1-3,6-7,10H,4-5,8-9H2. The molecule has 1 fully saturated rings. The van der Waals surface area contributed by atoms with Crippen LogP contribution in [0.4, 0.5) is 0 Å². The Balaban J connectivity index is 1.85. The largest absolute Gasteiger partial charge is 0.465 e. The van der Waals surface area contributed by atoms with Gasteiger partial charge in [0.15, 0.2) is 0 Å². The first-order valence-corrected chi connectivity index (χ1v) is 6.19. The molecule has 15 heavy (non-hydrogen) atoms. The van der Waals surface area contributed by atoms with E-state index >= 15 is 0 Å². The Bertz CT molecular complexity index is 324. The predicted octanol–water partition coefficient (Wildman–Crippen LogP) is 2.73. The zero-order chi connectivity index (χ0) is 10.5. The molecule has 1 aromatic rings. The SMILES string of the molecule is O=C1OCCCC1CSc1ccccc1. The van der Waals surface area contributed by atoms with Crippen molar-refractivity contribution < 1.29 is 9.53 Å². The predicted molar refractivity (Wildman–Crippen MR) is 60.8 cm³/mol. The second-order valence-corrected chi connectivity index (χ2v) is 4.72. The van der Waals surface area contributed by atoms with Gasteiger partial charge in [0.1, 0.15) is 0 Å². The molecule has 0 radical (unpaired) electrons. The first-order chi connectivity index (χ1) is 7.36. The van der Waals surface area contributed by atoms with Crippen molar-refractivity contribution in [1.82, 2.24) is 0 Å². The maximum atomic E-state index is 11.4. The minimum Gasteiger partial charge on any atom is -0.465 e. The summed E-state index contributed by atoms with van der Waals surface area (Å²) >= 11 is 1.73. The van der Waals surface area contributed by atoms with Crippen molar-refractivity contribution in [2.24, 2.45) is 5.92 Å². The molecule has 1 unspecified atom stereocenters. The van der Waals surface area contributed by atoms with Crippen molar-refractivity contribution in [3.05, 3.63) is 30.3 Å². The van der Waals surface area contributed by atoms with E-state index < -0.39 is 0 Å². The Morgan fingerprint density at radius 2 is 2.13 bits per heavy atom. The lowest BCUT2D eigenvalue weighted by atomic mass is 10.0. The van der Waals surface area contributed by atoms with Crippen molar-refractivity contribution >= 4 is 17.7 Å². The molecule has 2 nitrogen and oxygen atoms in total. The second-order valence-electron chi connectivity index (χ2n) is 3.63. The zero-order valence-corrected chi connectivity index (χ0v) is 9.33. The summed E-state index contributed by atoms with van der Waals surface area (Å²) in [5.74, 6) is 0.900. The third-order valence-corrected chi connectivity index (χ3v) is 3.64. The fourth-order valence-corrected chi connectivity index (χ4v) is 2.65. The minimum atomic E-state index is -0.0234. The number of cyclic esters (lactones) is 1. The number of carbonyl (C=O) groups is 1. The van der Waals surface area contributed by atoms with Gasteiger partial charge in [-0.05, 0) is 25.0 Å². The van der Waals surface area contributed by atoms with E-state index in [0.717, 1.165) is 18.6 Å². The summed E-state index contributed by atoms with van der Waals surface area (Å²) < 4.78 is 5.03. The van der Waals surface area contributed by atoms with Crippen LogP contribution in [0.1, 0.15) is 12.8 Å². The smallest absolute Gasteiger partial charge is 0.309 e. The molecule has 0 aromatic heterocycles. The van der Waals surface area contributed by atoms with Gasteiger partial charge in [-0.3, -0.25) is 4.79 Å². The Labute approximate surface area is 94.0 Å². The maximum Gasteiger partial charge on any atom is 0.309 e. The Morgan fingerprint density at radius 1 is 1.33 bits per heavy atom. The molecule has 1 aliphatic heterocycles. The molecule has 0 amide bonds. The highest BCUT2D eigenvalue weighted by Gasteiger charge is 2.23. The van der Waals surface area contributed by atoms with Crippen LogP contribution in [0, 0.1) is 5.92 Å². The van der Waals surface area contributed by atoms with Gasteiger partial charge in [-0.2, -0.15) is 0 Å². The highest BCUT2D eigenvalue weighted by Crippen LogP contribution is 2.25. The molecule has 1 heterocycles. The van der Waals surface area contributed by atoms with Gasteiger partial charge in [-0.25, -0.2) is 0 Å². The number of esters is 1. The summed E-state index contributed by atoms with van der Waals surface area (Å²) in [6, 6.07) is 10.2. The fourth-order valence-electron chi connectivity index (χ4n) is 1.60. The number of rotatable bonds is 3. The normalized spacial score (nSPS) is 21.1. The molecule has 0 aliphatic carbocycles. The van der Waals surface area contributed by atoms with E-state index in [-0.39, 0.29) is 11.9 Å². The van der Waals surface area contributed by atoms with Crippen molar-refractivity contribution in [1.29, 1.82) is 0 Å². The summed E-state index contributed by atoms with van der Waals surface area (Å²) in [5, 5.41) is 0. The van der Waals surface area contributed by atoms with E-state index in [0.29, 0.717) is 6.61 Å². The van der Waals surface area contributed by atoms with Gasteiger partial charge in [0.05, 0.1) is 12.5 Å². The quantitative estimate of drug-likeness (QED) is 0.581. The number of thioether (sulfide) groups is 1. The van der Waals surface area contributed by atoms with Gasteiger partial charge >= 0.3 is 5.97 Å². The van der Waals surface area contributed by atoms with E-state index in [4.69, 9.17) is 4.74 Å². The topological polar surface area (TPSA) is 26.3 Å². The molecule has 0 bridgehead atoms. The maximum absolute atomic E-state index is 11.4. The minimum absolute atomic E-state index is 0.0234. The molecule has 1 aliphatic rings. The highest BCUT2D eigenvalue weighted by atomic mass is 32.2. The molecular formula is C12H14O2S. The van der Waals surface area contributed by atoms with Crippen LogP contribution >= 0.6 is 11.8 Å². The molecule has 1 atom stereocenters. The van der Waals surface area contributed by atoms with Gasteiger partial charge in [0.25, 0.3) is 0 Å². The fraction of sp³-hybridized carbons (Fsp3) is 0.417. The average Bonchev–Trinajstić information content (AvgIpc) is 2.29. The molecular weight excluding hydrogens is 208 g/mol. The highest BCUT2D eigenvalue weighted by molar-refractivity contribution is 7.99. The number of benzene rings is 1. The van der Waals surface area contributed by atoms with Crippen LogP contribution in [0.25, 0.3) is 0 Å². The second kappa shape index (κ2) is 5.21. The number of hydrogen-bond acceptors (Lipinski definition) is 3. The summed E-state index contributed by atoms with van der Waals surface area (Å²) in [5.41, 5.74) is 0. The first-order valence-electron chi connectivity index (χ1n) is 5.21. The average molecular weight is 222 g/mol. The summed E-state index contributed by atoms with van der Waals surface area (Å²) in [4.78, 5) is 12.6. The van der Waals surface area contributed by atoms with Gasteiger partial charge in [0, 0.05) is 10.6 Å². The number of ether oxygens (including phenoxy) is 1.